The maximum absolute atomic E-state index is 13.3. The van der Waals surface area contributed by atoms with Crippen molar-refractivity contribution in [3.63, 3.8) is 0 Å². The van der Waals surface area contributed by atoms with Gasteiger partial charge in [-0.15, -0.1) is 11.8 Å². The SMILES string of the molecule is Nc1nc(/C(=N/OC2CCOC2)C(=O)N[C@@H]2C(=O)N3C(C(=O)O)=C(C[n+]4cc(NC=O)n5ncccc54)CS[C@H]23)ns1. The van der Waals surface area contributed by atoms with Crippen molar-refractivity contribution < 1.29 is 38.4 Å². The number of carbonyl (C=O) groups excluding carboxylic acids is 3. The lowest BCUT2D eigenvalue weighted by Gasteiger charge is -2.49. The molecule has 0 radical (unpaired) electrons. The number of oxime groups is 1. The number of hydrogen-bond acceptors (Lipinski definition) is 13. The molecular formula is C23H23N10O7S2+. The quantitative estimate of drug-likeness (QED) is 0.0678. The zero-order valence-corrected chi connectivity index (χ0v) is 23.2. The van der Waals surface area contributed by atoms with Crippen LogP contribution in [0.2, 0.25) is 0 Å². The predicted molar refractivity (Wildman–Crippen MR) is 146 cm³/mol. The third-order valence-corrected chi connectivity index (χ3v) is 8.57. The molecule has 1 unspecified atom stereocenters. The Morgan fingerprint density at radius 2 is 2.26 bits per heavy atom. The number of hydrogen-bond donors (Lipinski definition) is 4. The molecule has 3 aromatic rings. The zero-order chi connectivity index (χ0) is 29.4. The maximum atomic E-state index is 13.3. The molecule has 3 atom stereocenters. The fourth-order valence-corrected chi connectivity index (χ4v) is 6.55. The molecule has 42 heavy (non-hydrogen) atoms. The van der Waals surface area contributed by atoms with Crippen LogP contribution in [-0.4, -0.2) is 95.4 Å². The predicted octanol–water partition coefficient (Wildman–Crippen LogP) is -1.43. The lowest BCUT2D eigenvalue weighted by Crippen LogP contribution is -2.71. The molecule has 218 valence electrons. The van der Waals surface area contributed by atoms with E-state index in [-0.39, 0.29) is 40.8 Å². The molecule has 6 rings (SSSR count). The van der Waals surface area contributed by atoms with Crippen LogP contribution < -0.4 is 20.9 Å². The second kappa shape index (κ2) is 11.3. The van der Waals surface area contributed by atoms with E-state index in [1.54, 1.807) is 29.1 Å². The summed E-state index contributed by atoms with van der Waals surface area (Å²) in [7, 11) is 0. The molecule has 2 saturated heterocycles. The van der Waals surface area contributed by atoms with E-state index in [0.717, 1.165) is 11.5 Å². The third-order valence-electron chi connectivity index (χ3n) is 6.69. The van der Waals surface area contributed by atoms with E-state index in [2.05, 4.69) is 30.2 Å². The van der Waals surface area contributed by atoms with E-state index in [9.17, 15) is 24.3 Å². The number of fused-ring (bicyclic) bond motifs is 2. The molecular weight excluding hydrogens is 592 g/mol. The first kappa shape index (κ1) is 27.5. The number of ether oxygens (including phenoxy) is 1. The normalized spacial score (nSPS) is 22.1. The molecule has 0 bridgehead atoms. The Morgan fingerprint density at radius 1 is 1.40 bits per heavy atom. The number of aliphatic carboxylic acids is 1. The first-order valence-corrected chi connectivity index (χ1v) is 14.4. The fourth-order valence-electron chi connectivity index (χ4n) is 4.78. The van der Waals surface area contributed by atoms with E-state index in [1.165, 1.54) is 21.2 Å². The highest BCUT2D eigenvalue weighted by Gasteiger charge is 2.54. The van der Waals surface area contributed by atoms with Crippen molar-refractivity contribution in [1.82, 2.24) is 29.2 Å². The summed E-state index contributed by atoms with van der Waals surface area (Å²) in [6.07, 6.45) is 3.93. The molecule has 6 heterocycles. The van der Waals surface area contributed by atoms with Crippen LogP contribution in [0.4, 0.5) is 10.9 Å². The summed E-state index contributed by atoms with van der Waals surface area (Å²) >= 11 is 2.18. The standard InChI is InChI=1S/C23H22N10O7S2/c24-23-28-18(30-42-23)15(29-40-12-3-5-39-8-12)19(35)27-16-20(36)32-17(22(37)38)11(9-41-21(16)32)6-31-7-13(25-10-34)33-14(31)2-1-4-26-33/h1-2,4,7,10,12,16,21H,3,5-6,8-9H2,(H4-,24,25,26,27,28,30,34,35,37,38)/p+1/b29-15-/t12?,16-,21-/m1/s1. The van der Waals surface area contributed by atoms with Crippen LogP contribution in [0.5, 0.6) is 0 Å². The molecule has 2 fully saturated rings. The van der Waals surface area contributed by atoms with Crippen molar-refractivity contribution in [3.05, 3.63) is 41.6 Å². The number of rotatable bonds is 10. The summed E-state index contributed by atoms with van der Waals surface area (Å²) in [4.78, 5) is 60.6. The molecule has 0 aromatic carbocycles. The van der Waals surface area contributed by atoms with Gasteiger partial charge in [-0.2, -0.15) is 9.36 Å². The highest BCUT2D eigenvalue weighted by atomic mass is 32.2. The van der Waals surface area contributed by atoms with Gasteiger partial charge in [-0.05, 0) is 6.07 Å². The van der Waals surface area contributed by atoms with Gasteiger partial charge in [-0.25, -0.2) is 9.36 Å². The van der Waals surface area contributed by atoms with Gasteiger partial charge >= 0.3 is 11.6 Å². The number of carboxylic acid groups (broad SMARTS) is 1. The second-order valence-corrected chi connectivity index (χ2v) is 11.2. The number of nitrogens with one attached hydrogen (secondary N) is 2. The molecule has 3 aromatic heterocycles. The number of imidazole rings is 1. The highest BCUT2D eigenvalue weighted by Crippen LogP contribution is 2.40. The molecule has 5 N–H and O–H groups in total. The molecule has 3 aliphatic heterocycles. The van der Waals surface area contributed by atoms with Crippen LogP contribution in [0.3, 0.4) is 0 Å². The first-order chi connectivity index (χ1) is 20.4. The van der Waals surface area contributed by atoms with Crippen molar-refractivity contribution in [2.75, 3.05) is 30.0 Å². The van der Waals surface area contributed by atoms with Gasteiger partial charge in [0.2, 0.25) is 17.9 Å². The number of aromatic nitrogens is 5. The Morgan fingerprint density at radius 3 is 2.98 bits per heavy atom. The number of anilines is 2. The number of carbonyl (C=O) groups is 4. The average molecular weight is 616 g/mol. The van der Waals surface area contributed by atoms with E-state index < -0.39 is 29.2 Å². The summed E-state index contributed by atoms with van der Waals surface area (Å²) in [5.74, 6) is -2.05. The minimum absolute atomic E-state index is 0.0583. The van der Waals surface area contributed by atoms with Crippen molar-refractivity contribution in [1.29, 1.82) is 0 Å². The summed E-state index contributed by atoms with van der Waals surface area (Å²) < 4.78 is 12.5. The molecule has 19 heteroatoms. The maximum Gasteiger partial charge on any atom is 0.352 e. The van der Waals surface area contributed by atoms with Crippen LogP contribution in [0, 0.1) is 0 Å². The van der Waals surface area contributed by atoms with Crippen molar-refractivity contribution in [3.8, 4) is 0 Å². The topological polar surface area (TPSA) is 220 Å². The average Bonchev–Trinajstić information content (AvgIpc) is 3.73. The zero-order valence-electron chi connectivity index (χ0n) is 21.6. The van der Waals surface area contributed by atoms with Gasteiger partial charge in [-0.3, -0.25) is 24.6 Å². The fraction of sp³-hybridized carbons (Fsp3) is 0.348. The highest BCUT2D eigenvalue weighted by molar-refractivity contribution is 8.00. The van der Waals surface area contributed by atoms with Gasteiger partial charge in [-0.1, -0.05) is 14.8 Å². The van der Waals surface area contributed by atoms with E-state index >= 15 is 0 Å². The molecule has 3 aliphatic rings. The van der Waals surface area contributed by atoms with Crippen molar-refractivity contribution in [2.24, 2.45) is 5.16 Å². The number of amides is 3. The lowest BCUT2D eigenvalue weighted by molar-refractivity contribution is -0.662. The van der Waals surface area contributed by atoms with Crippen LogP contribution in [0.25, 0.3) is 5.65 Å². The van der Waals surface area contributed by atoms with Crippen LogP contribution in [-0.2, 0) is 35.3 Å². The number of nitrogens with two attached hydrogens (primary N) is 1. The van der Waals surface area contributed by atoms with Gasteiger partial charge < -0.3 is 25.7 Å². The minimum atomic E-state index is -1.28. The van der Waals surface area contributed by atoms with Crippen molar-refractivity contribution in [2.45, 2.75) is 30.5 Å². The van der Waals surface area contributed by atoms with E-state index in [4.69, 9.17) is 15.3 Å². The molecule has 3 amide bonds. The Labute approximate surface area is 244 Å². The first-order valence-electron chi connectivity index (χ1n) is 12.5. The van der Waals surface area contributed by atoms with Crippen molar-refractivity contribution >= 4 is 69.8 Å². The number of carboxylic acids is 1. The Kier molecular flexibility index (Phi) is 7.43. The lowest BCUT2D eigenvalue weighted by atomic mass is 10.0. The summed E-state index contributed by atoms with van der Waals surface area (Å²) in [6, 6.07) is 2.45. The molecule has 0 aliphatic carbocycles. The summed E-state index contributed by atoms with van der Waals surface area (Å²) in [5.41, 5.74) is 6.33. The number of nitrogen functional groups attached to an aromatic ring is 1. The minimum Gasteiger partial charge on any atom is -0.477 e. The van der Waals surface area contributed by atoms with Gasteiger partial charge in [0, 0.05) is 35.3 Å². The molecule has 0 saturated carbocycles. The molecule has 17 nitrogen and oxygen atoms in total. The number of nitrogens with zero attached hydrogens (tertiary/aromatic N) is 7. The van der Waals surface area contributed by atoms with Crippen LogP contribution in [0.15, 0.2) is 41.0 Å². The number of β-lactam (4-membered cyclic amide) rings is 1. The van der Waals surface area contributed by atoms with Gasteiger partial charge in [0.05, 0.1) is 19.4 Å². The largest absolute Gasteiger partial charge is 0.477 e. The van der Waals surface area contributed by atoms with Gasteiger partial charge in [0.25, 0.3) is 17.6 Å². The summed E-state index contributed by atoms with van der Waals surface area (Å²) in [5, 5.41) is 22.9. The third kappa shape index (κ3) is 5.01. The Bertz CT molecular complexity index is 1650. The summed E-state index contributed by atoms with van der Waals surface area (Å²) in [6.45, 7) is 0.937. The monoisotopic (exact) mass is 615 g/mol. The Hall–Kier alpha value is -4.62. The van der Waals surface area contributed by atoms with Gasteiger partial charge in [0.15, 0.2) is 17.4 Å². The number of thioether (sulfide) groups is 1. The van der Waals surface area contributed by atoms with E-state index in [1.807, 2.05) is 0 Å². The Balaban J connectivity index is 1.23. The van der Waals surface area contributed by atoms with Gasteiger partial charge in [0.1, 0.15) is 23.7 Å². The molecule has 0 spiro atoms. The smallest absolute Gasteiger partial charge is 0.352 e. The van der Waals surface area contributed by atoms with Crippen LogP contribution in [0.1, 0.15) is 12.2 Å². The second-order valence-electron chi connectivity index (χ2n) is 9.30. The van der Waals surface area contributed by atoms with Crippen LogP contribution >= 0.6 is 23.3 Å². The van der Waals surface area contributed by atoms with E-state index in [0.29, 0.717) is 43.1 Å².